The molecule has 10 aromatic rings. The average molecular weight is 720 g/mol. The van der Waals surface area contributed by atoms with Crippen LogP contribution in [0.2, 0.25) is 0 Å². The van der Waals surface area contributed by atoms with Crippen LogP contribution in [-0.2, 0) is 0 Å². The zero-order valence-electron chi connectivity index (χ0n) is 29.8. The van der Waals surface area contributed by atoms with Gasteiger partial charge in [0, 0.05) is 42.8 Å². The second-order valence-electron chi connectivity index (χ2n) is 13.5. The fraction of sp³-hybridized carbons (Fsp3) is 0. The first-order valence-corrected chi connectivity index (χ1v) is 19.3. The minimum absolute atomic E-state index is 0.642. The van der Waals surface area contributed by atoms with Crippen molar-refractivity contribution < 1.29 is 0 Å². The van der Waals surface area contributed by atoms with Crippen LogP contribution in [0.15, 0.2) is 200 Å². The molecule has 0 spiro atoms. The largest absolute Gasteiger partial charge is 0.208 e. The van der Waals surface area contributed by atoms with E-state index in [1.165, 1.54) is 59.1 Å². The number of rotatable bonds is 7. The molecule has 0 saturated carbocycles. The summed E-state index contributed by atoms with van der Waals surface area (Å²) in [6.45, 7) is 0. The molecule has 0 N–H and O–H groups in total. The number of hydrogen-bond donors (Lipinski definition) is 0. The molecule has 0 saturated heterocycles. The van der Waals surface area contributed by atoms with E-state index in [9.17, 15) is 0 Å². The van der Waals surface area contributed by atoms with E-state index in [2.05, 4.69) is 140 Å². The Morgan fingerprint density at radius 2 is 0.618 bits per heavy atom. The third-order valence-corrected chi connectivity index (χ3v) is 11.4. The third kappa shape index (κ3) is 5.99. The van der Waals surface area contributed by atoms with Crippen LogP contribution in [0.25, 0.3) is 98.8 Å². The van der Waals surface area contributed by atoms with Crippen molar-refractivity contribution in [3.63, 3.8) is 0 Å². The van der Waals surface area contributed by atoms with Gasteiger partial charge in [0.2, 0.25) is 0 Å². The van der Waals surface area contributed by atoms with Gasteiger partial charge in [0.1, 0.15) is 0 Å². The van der Waals surface area contributed by atoms with E-state index in [-0.39, 0.29) is 0 Å². The van der Waals surface area contributed by atoms with Gasteiger partial charge in [-0.05, 0) is 38.6 Å². The van der Waals surface area contributed by atoms with E-state index in [0.29, 0.717) is 17.5 Å². The highest BCUT2D eigenvalue weighted by molar-refractivity contribution is 7.24. The van der Waals surface area contributed by atoms with Gasteiger partial charge in [-0.1, -0.05) is 200 Å². The Hall–Kier alpha value is -7.01. The minimum atomic E-state index is 0.642. The van der Waals surface area contributed by atoms with Crippen LogP contribution in [0, 0.1) is 0 Å². The number of fused-ring (bicyclic) bond motifs is 3. The van der Waals surface area contributed by atoms with Gasteiger partial charge in [-0.25, -0.2) is 15.0 Å². The van der Waals surface area contributed by atoms with E-state index < -0.39 is 0 Å². The number of thiophene rings is 1. The molecule has 3 nitrogen and oxygen atoms in total. The fourth-order valence-electron chi connectivity index (χ4n) is 7.61. The summed E-state index contributed by atoms with van der Waals surface area (Å²) in [5, 5.41) is 3.78. The first kappa shape index (κ1) is 32.6. The lowest BCUT2D eigenvalue weighted by Crippen LogP contribution is -2.00. The zero-order valence-corrected chi connectivity index (χ0v) is 30.6. The predicted molar refractivity (Wildman–Crippen MR) is 231 cm³/mol. The fourth-order valence-corrected chi connectivity index (χ4v) is 9.02. The Morgan fingerprint density at radius 1 is 0.273 bits per heavy atom. The van der Waals surface area contributed by atoms with Crippen molar-refractivity contribution >= 4 is 32.2 Å². The van der Waals surface area contributed by atoms with Crippen molar-refractivity contribution in [3.05, 3.63) is 200 Å². The van der Waals surface area contributed by atoms with E-state index in [1.54, 1.807) is 0 Å². The first-order chi connectivity index (χ1) is 27.3. The molecule has 0 aliphatic carbocycles. The quantitative estimate of drug-likeness (QED) is 0.165. The van der Waals surface area contributed by atoms with Gasteiger partial charge in [-0.15, -0.1) is 11.3 Å². The van der Waals surface area contributed by atoms with Crippen molar-refractivity contribution in [1.82, 2.24) is 15.0 Å². The van der Waals surface area contributed by atoms with Crippen molar-refractivity contribution in [3.8, 4) is 78.0 Å². The Morgan fingerprint density at radius 3 is 1.09 bits per heavy atom. The number of hydrogen-bond acceptors (Lipinski definition) is 4. The third-order valence-electron chi connectivity index (χ3n) is 10.1. The standard InChI is InChI=1S/C51H33N3S/c1-6-18-34(19-7-1)43-41-28-16-17-29-42(41)46-45(36-22-10-3-11-23-36)47(55-48(46)44(43)35-20-8-2-9-21-35)37-30-32-40(33-31-37)51-53-49(38-24-12-4-13-25-38)52-50(54-51)39-26-14-5-15-27-39/h1-33H. The van der Waals surface area contributed by atoms with E-state index in [0.717, 1.165) is 22.3 Å². The van der Waals surface area contributed by atoms with E-state index >= 15 is 0 Å². The lowest BCUT2D eigenvalue weighted by Gasteiger charge is -2.17. The lowest BCUT2D eigenvalue weighted by atomic mass is 9.86. The predicted octanol–water partition coefficient (Wildman–Crippen LogP) is 13.9. The van der Waals surface area contributed by atoms with Gasteiger partial charge in [-0.2, -0.15) is 0 Å². The molecule has 0 fully saturated rings. The maximum Gasteiger partial charge on any atom is 0.164 e. The molecular formula is C51H33N3S. The maximum atomic E-state index is 5.00. The summed E-state index contributed by atoms with van der Waals surface area (Å²) >= 11 is 1.88. The first-order valence-electron chi connectivity index (χ1n) is 18.5. The Kier molecular flexibility index (Phi) is 8.36. The van der Waals surface area contributed by atoms with Crippen molar-refractivity contribution in [2.45, 2.75) is 0 Å². The molecule has 55 heavy (non-hydrogen) atoms. The molecule has 0 unspecified atom stereocenters. The zero-order chi connectivity index (χ0) is 36.6. The Balaban J connectivity index is 1.21. The highest BCUT2D eigenvalue weighted by Crippen LogP contribution is 2.54. The summed E-state index contributed by atoms with van der Waals surface area (Å²) in [6.07, 6.45) is 0. The summed E-state index contributed by atoms with van der Waals surface area (Å²) in [5.41, 5.74) is 11.4. The second-order valence-corrected chi connectivity index (χ2v) is 14.5. The van der Waals surface area contributed by atoms with E-state index in [1.807, 2.05) is 72.0 Å². The second kappa shape index (κ2) is 14.1. The highest BCUT2D eigenvalue weighted by atomic mass is 32.1. The van der Waals surface area contributed by atoms with Gasteiger partial charge in [0.05, 0.1) is 0 Å². The van der Waals surface area contributed by atoms with Crippen LogP contribution in [-0.4, -0.2) is 15.0 Å². The van der Waals surface area contributed by atoms with Gasteiger partial charge in [0.15, 0.2) is 17.5 Å². The van der Waals surface area contributed by atoms with Crippen LogP contribution < -0.4 is 0 Å². The smallest absolute Gasteiger partial charge is 0.164 e. The Bertz CT molecular complexity index is 2870. The molecule has 2 heterocycles. The van der Waals surface area contributed by atoms with Gasteiger partial charge in [-0.3, -0.25) is 0 Å². The van der Waals surface area contributed by atoms with Crippen molar-refractivity contribution in [2.75, 3.05) is 0 Å². The summed E-state index contributed by atoms with van der Waals surface area (Å²) in [6, 6.07) is 70.5. The molecule has 0 atom stereocenters. The average Bonchev–Trinajstić information content (AvgIpc) is 3.68. The van der Waals surface area contributed by atoms with Gasteiger partial charge >= 0.3 is 0 Å². The molecule has 0 bridgehead atoms. The van der Waals surface area contributed by atoms with Crippen LogP contribution in [0.5, 0.6) is 0 Å². The van der Waals surface area contributed by atoms with Gasteiger partial charge in [0.25, 0.3) is 0 Å². The molecule has 0 aliphatic rings. The SMILES string of the molecule is c1ccc(-c2nc(-c3ccccc3)nc(-c3ccc(-c4sc5c(-c6ccccc6)c(-c6ccccc6)c6ccccc6c5c4-c4ccccc4)cc3)n2)cc1. The highest BCUT2D eigenvalue weighted by Gasteiger charge is 2.25. The molecule has 0 aliphatic heterocycles. The number of aromatic nitrogens is 3. The number of benzene rings is 8. The summed E-state index contributed by atoms with van der Waals surface area (Å²) in [4.78, 5) is 16.1. The molecule has 0 radical (unpaired) electrons. The summed E-state index contributed by atoms with van der Waals surface area (Å²) < 4.78 is 1.28. The molecular weight excluding hydrogens is 687 g/mol. The van der Waals surface area contributed by atoms with Crippen LogP contribution in [0.1, 0.15) is 0 Å². The monoisotopic (exact) mass is 719 g/mol. The normalized spacial score (nSPS) is 11.3. The van der Waals surface area contributed by atoms with Crippen molar-refractivity contribution in [2.24, 2.45) is 0 Å². The van der Waals surface area contributed by atoms with Crippen LogP contribution in [0.4, 0.5) is 0 Å². The minimum Gasteiger partial charge on any atom is -0.208 e. The molecule has 8 aromatic carbocycles. The topological polar surface area (TPSA) is 38.7 Å². The van der Waals surface area contributed by atoms with Gasteiger partial charge < -0.3 is 0 Å². The maximum absolute atomic E-state index is 5.00. The van der Waals surface area contributed by atoms with E-state index in [4.69, 9.17) is 15.0 Å². The molecule has 258 valence electrons. The molecule has 10 rings (SSSR count). The van der Waals surface area contributed by atoms with Crippen LogP contribution in [0.3, 0.4) is 0 Å². The number of nitrogens with zero attached hydrogens (tertiary/aromatic N) is 3. The summed E-state index contributed by atoms with van der Waals surface area (Å²) in [5.74, 6) is 1.95. The molecule has 2 aromatic heterocycles. The lowest BCUT2D eigenvalue weighted by molar-refractivity contribution is 1.07. The Labute approximate surface area is 323 Å². The summed E-state index contributed by atoms with van der Waals surface area (Å²) in [7, 11) is 0. The molecule has 4 heteroatoms. The molecule has 0 amide bonds. The van der Waals surface area contributed by atoms with Crippen LogP contribution >= 0.6 is 11.3 Å². The van der Waals surface area contributed by atoms with Crippen molar-refractivity contribution in [1.29, 1.82) is 0 Å².